The van der Waals surface area contributed by atoms with Crippen LogP contribution < -0.4 is 5.56 Å². The van der Waals surface area contributed by atoms with Crippen LogP contribution in [0.3, 0.4) is 0 Å². The quantitative estimate of drug-likeness (QED) is 0.402. The number of carbonyl (C=O) groups is 1. The fourth-order valence-electron chi connectivity index (χ4n) is 3.90. The highest BCUT2D eigenvalue weighted by Gasteiger charge is 2.34. The second-order valence-corrected chi connectivity index (χ2v) is 10.7. The van der Waals surface area contributed by atoms with Crippen LogP contribution in [0.15, 0.2) is 58.5 Å². The van der Waals surface area contributed by atoms with Crippen molar-refractivity contribution in [2.75, 3.05) is 23.8 Å². The maximum atomic E-state index is 13.4. The van der Waals surface area contributed by atoms with Gasteiger partial charge in [0, 0.05) is 12.6 Å². The minimum atomic E-state index is -3.12. The molecule has 4 rings (SSSR count). The Morgan fingerprint density at radius 1 is 1.22 bits per heavy atom. The van der Waals surface area contributed by atoms with Crippen molar-refractivity contribution >= 4 is 38.4 Å². The molecule has 168 valence electrons. The second kappa shape index (κ2) is 9.03. The zero-order valence-corrected chi connectivity index (χ0v) is 19.0. The van der Waals surface area contributed by atoms with E-state index in [2.05, 4.69) is 4.98 Å². The van der Waals surface area contributed by atoms with Gasteiger partial charge in [0.15, 0.2) is 15.0 Å². The average Bonchev–Trinajstić information content (AvgIpc) is 3.13. The highest BCUT2D eigenvalue weighted by Crippen LogP contribution is 2.24. The summed E-state index contributed by atoms with van der Waals surface area (Å²) in [6, 6.07) is 12.1. The first-order chi connectivity index (χ1) is 15.3. The van der Waals surface area contributed by atoms with E-state index < -0.39 is 15.7 Å². The number of rotatable bonds is 6. The molecule has 0 unspecified atom stereocenters. The molecule has 1 atom stereocenters. The third-order valence-corrected chi connectivity index (χ3v) is 8.14. The van der Waals surface area contributed by atoms with E-state index in [9.17, 15) is 22.4 Å². The zero-order valence-electron chi connectivity index (χ0n) is 17.4. The van der Waals surface area contributed by atoms with Crippen molar-refractivity contribution in [1.29, 1.82) is 0 Å². The number of amides is 1. The molecule has 0 aliphatic carbocycles. The Bertz CT molecular complexity index is 1320. The third kappa shape index (κ3) is 4.56. The van der Waals surface area contributed by atoms with E-state index in [0.29, 0.717) is 34.7 Å². The Balaban J connectivity index is 1.66. The number of halogens is 1. The topological polar surface area (TPSA) is 89.3 Å². The van der Waals surface area contributed by atoms with Crippen molar-refractivity contribution in [2.45, 2.75) is 24.5 Å². The zero-order chi connectivity index (χ0) is 22.9. The highest BCUT2D eigenvalue weighted by molar-refractivity contribution is 7.99. The average molecular weight is 476 g/mol. The summed E-state index contributed by atoms with van der Waals surface area (Å²) in [4.78, 5) is 32.3. The molecule has 1 aliphatic heterocycles. The van der Waals surface area contributed by atoms with Gasteiger partial charge in [0.25, 0.3) is 5.56 Å². The summed E-state index contributed by atoms with van der Waals surface area (Å²) >= 11 is 1.10. The van der Waals surface area contributed by atoms with Crippen LogP contribution in [0.4, 0.5) is 4.39 Å². The van der Waals surface area contributed by atoms with Gasteiger partial charge in [-0.1, -0.05) is 23.9 Å². The molecule has 0 saturated carbocycles. The smallest absolute Gasteiger partial charge is 0.266 e. The predicted octanol–water partition coefficient (Wildman–Crippen LogP) is 2.65. The molecule has 0 radical (unpaired) electrons. The Morgan fingerprint density at radius 3 is 2.59 bits per heavy atom. The number of aromatic nitrogens is 2. The summed E-state index contributed by atoms with van der Waals surface area (Å²) in [5, 5.41) is 0.725. The molecular weight excluding hydrogens is 453 g/mol. The fourth-order valence-corrected chi connectivity index (χ4v) is 6.53. The molecule has 1 aromatic heterocycles. The molecule has 32 heavy (non-hydrogen) atoms. The lowest BCUT2D eigenvalue weighted by Crippen LogP contribution is -2.42. The molecular formula is C22H22FN3O4S2. The molecule has 1 aliphatic rings. The van der Waals surface area contributed by atoms with Crippen molar-refractivity contribution in [3.8, 4) is 5.69 Å². The van der Waals surface area contributed by atoms with Crippen LogP contribution in [-0.2, 0) is 14.6 Å². The van der Waals surface area contributed by atoms with Gasteiger partial charge in [-0.3, -0.25) is 14.2 Å². The van der Waals surface area contributed by atoms with Crippen LogP contribution in [0.25, 0.3) is 16.6 Å². The molecule has 1 saturated heterocycles. The second-order valence-electron chi connectivity index (χ2n) is 7.55. The van der Waals surface area contributed by atoms with Gasteiger partial charge in [0.05, 0.1) is 33.8 Å². The van der Waals surface area contributed by atoms with E-state index in [1.807, 2.05) is 6.92 Å². The van der Waals surface area contributed by atoms with Crippen LogP contribution in [0, 0.1) is 5.82 Å². The largest absolute Gasteiger partial charge is 0.338 e. The number of sulfone groups is 1. The number of hydrogen-bond donors (Lipinski definition) is 0. The van der Waals surface area contributed by atoms with Gasteiger partial charge >= 0.3 is 0 Å². The summed E-state index contributed by atoms with van der Waals surface area (Å²) < 4.78 is 38.5. The number of thioether (sulfide) groups is 1. The normalized spacial score (nSPS) is 17.5. The number of hydrogen-bond acceptors (Lipinski definition) is 6. The van der Waals surface area contributed by atoms with Crippen molar-refractivity contribution in [3.05, 3.63) is 64.7 Å². The van der Waals surface area contributed by atoms with Crippen LogP contribution in [0.1, 0.15) is 13.3 Å². The van der Waals surface area contributed by atoms with Crippen LogP contribution in [0.2, 0.25) is 0 Å². The summed E-state index contributed by atoms with van der Waals surface area (Å²) in [6.07, 6.45) is 0.432. The lowest BCUT2D eigenvalue weighted by atomic mass is 10.2. The first kappa shape index (κ1) is 22.5. The van der Waals surface area contributed by atoms with Crippen molar-refractivity contribution < 1.29 is 17.6 Å². The highest BCUT2D eigenvalue weighted by atomic mass is 32.2. The maximum absolute atomic E-state index is 13.4. The van der Waals surface area contributed by atoms with Gasteiger partial charge in [-0.15, -0.1) is 0 Å². The maximum Gasteiger partial charge on any atom is 0.266 e. The Kier molecular flexibility index (Phi) is 6.34. The molecule has 1 fully saturated rings. The summed E-state index contributed by atoms with van der Waals surface area (Å²) in [5.41, 5.74) is 0.630. The summed E-state index contributed by atoms with van der Waals surface area (Å²) in [7, 11) is -3.12. The van der Waals surface area contributed by atoms with Gasteiger partial charge in [-0.25, -0.2) is 17.8 Å². The van der Waals surface area contributed by atoms with Gasteiger partial charge in [-0.2, -0.15) is 0 Å². The number of fused-ring (bicyclic) bond motifs is 1. The first-order valence-electron chi connectivity index (χ1n) is 10.2. The van der Waals surface area contributed by atoms with Crippen LogP contribution in [-0.4, -0.2) is 58.6 Å². The third-order valence-electron chi connectivity index (χ3n) is 5.46. The van der Waals surface area contributed by atoms with Gasteiger partial charge < -0.3 is 4.90 Å². The van der Waals surface area contributed by atoms with Gasteiger partial charge in [-0.05, 0) is 49.7 Å². The van der Waals surface area contributed by atoms with Crippen LogP contribution >= 0.6 is 11.8 Å². The molecule has 0 N–H and O–H groups in total. The standard InChI is InChI=1S/C22H22FN3O4S2/c1-2-25(17-11-12-32(29,30)14-17)20(27)13-31-22-24-19-6-4-3-5-18(19)21(28)26(22)16-9-7-15(23)8-10-16/h3-10,17H,2,11-14H2,1H3/t17-/m1/s1. The Hall–Kier alpha value is -2.72. The first-order valence-corrected chi connectivity index (χ1v) is 13.0. The molecule has 0 spiro atoms. The monoisotopic (exact) mass is 475 g/mol. The number of nitrogens with zero attached hydrogens (tertiary/aromatic N) is 3. The Labute approximate surface area is 189 Å². The molecule has 2 aromatic carbocycles. The molecule has 10 heteroatoms. The van der Waals surface area contributed by atoms with Gasteiger partial charge in [0.2, 0.25) is 5.91 Å². The van der Waals surface area contributed by atoms with E-state index in [0.717, 1.165) is 11.8 Å². The van der Waals surface area contributed by atoms with E-state index >= 15 is 0 Å². The minimum Gasteiger partial charge on any atom is -0.338 e. The lowest BCUT2D eigenvalue weighted by Gasteiger charge is -2.26. The van der Waals surface area contributed by atoms with E-state index in [1.54, 1.807) is 29.2 Å². The van der Waals surface area contributed by atoms with E-state index in [1.165, 1.54) is 28.8 Å². The molecule has 1 amide bonds. The summed E-state index contributed by atoms with van der Waals surface area (Å²) in [5.74, 6) is -0.578. The predicted molar refractivity (Wildman–Crippen MR) is 122 cm³/mol. The molecule has 3 aromatic rings. The van der Waals surface area contributed by atoms with Crippen molar-refractivity contribution in [2.24, 2.45) is 0 Å². The number of carbonyl (C=O) groups excluding carboxylic acids is 1. The number of benzene rings is 2. The molecule has 7 nitrogen and oxygen atoms in total. The SMILES string of the molecule is CCN(C(=O)CSc1nc2ccccc2c(=O)n1-c1ccc(F)cc1)[C@@H]1CCS(=O)(=O)C1. The minimum absolute atomic E-state index is 0.00361. The molecule has 2 heterocycles. The lowest BCUT2D eigenvalue weighted by molar-refractivity contribution is -0.129. The fraction of sp³-hybridized carbons (Fsp3) is 0.318. The van der Waals surface area contributed by atoms with E-state index in [-0.39, 0.29) is 34.8 Å². The van der Waals surface area contributed by atoms with Gasteiger partial charge in [0.1, 0.15) is 5.82 Å². The van der Waals surface area contributed by atoms with E-state index in [4.69, 9.17) is 0 Å². The van der Waals surface area contributed by atoms with Crippen LogP contribution in [0.5, 0.6) is 0 Å². The van der Waals surface area contributed by atoms with Crippen molar-refractivity contribution in [1.82, 2.24) is 14.5 Å². The summed E-state index contributed by atoms with van der Waals surface area (Å²) in [6.45, 7) is 2.21. The Morgan fingerprint density at radius 2 is 1.94 bits per heavy atom. The van der Waals surface area contributed by atoms with Crippen molar-refractivity contribution in [3.63, 3.8) is 0 Å². The molecule has 0 bridgehead atoms. The number of para-hydroxylation sites is 1.